The molecule has 106 valence electrons. The summed E-state index contributed by atoms with van der Waals surface area (Å²) < 4.78 is 53.4. The summed E-state index contributed by atoms with van der Waals surface area (Å²) in [5, 5.41) is 0. The second-order valence-electron chi connectivity index (χ2n) is 4.30. The van der Waals surface area contributed by atoms with Crippen molar-refractivity contribution in [1.82, 2.24) is 0 Å². The second kappa shape index (κ2) is 5.01. The summed E-state index contributed by atoms with van der Waals surface area (Å²) in [6.07, 6.45) is 1.13. The fourth-order valence-corrected chi connectivity index (χ4v) is 2.82. The van der Waals surface area contributed by atoms with Gasteiger partial charge in [-0.25, -0.2) is 8.42 Å². The molecule has 2 rings (SSSR count). The van der Waals surface area contributed by atoms with Crippen molar-refractivity contribution in [2.75, 3.05) is 6.26 Å². The normalized spacial score (nSPS) is 12.3. The van der Waals surface area contributed by atoms with Crippen LogP contribution in [0.5, 0.6) is 0 Å². The first-order valence-corrected chi connectivity index (χ1v) is 8.89. The van der Waals surface area contributed by atoms with E-state index < -0.39 is 20.0 Å². The Bertz CT molecular complexity index is 744. The summed E-state index contributed by atoms with van der Waals surface area (Å²) in [6, 6.07) is 11.9. The van der Waals surface area contributed by atoms with Gasteiger partial charge in [-0.15, -0.1) is 0 Å². The number of sulfone groups is 1. The SMILES string of the molecule is CS(=O)(=O)c1ccc(-c2ccc(S(=O)(=O)O)cc2)cc1. The highest BCUT2D eigenvalue weighted by molar-refractivity contribution is 7.90. The van der Waals surface area contributed by atoms with E-state index in [1.807, 2.05) is 0 Å². The van der Waals surface area contributed by atoms with Gasteiger partial charge in [-0.05, 0) is 35.4 Å². The van der Waals surface area contributed by atoms with Crippen LogP contribution in [0.1, 0.15) is 0 Å². The maximum absolute atomic E-state index is 11.3. The lowest BCUT2D eigenvalue weighted by atomic mass is 10.1. The van der Waals surface area contributed by atoms with Crippen molar-refractivity contribution >= 4 is 20.0 Å². The molecule has 2 aromatic rings. The molecular weight excluding hydrogens is 300 g/mol. The lowest BCUT2D eigenvalue weighted by Crippen LogP contribution is -1.97. The Morgan fingerprint density at radius 1 is 0.700 bits per heavy atom. The van der Waals surface area contributed by atoms with Gasteiger partial charge in [0.05, 0.1) is 9.79 Å². The molecule has 0 bridgehead atoms. The van der Waals surface area contributed by atoms with E-state index in [1.54, 1.807) is 24.3 Å². The van der Waals surface area contributed by atoms with E-state index in [-0.39, 0.29) is 9.79 Å². The molecule has 20 heavy (non-hydrogen) atoms. The first kappa shape index (κ1) is 14.7. The van der Waals surface area contributed by atoms with Gasteiger partial charge in [-0.1, -0.05) is 24.3 Å². The van der Waals surface area contributed by atoms with Crippen LogP contribution in [0.15, 0.2) is 58.3 Å². The molecule has 0 atom stereocenters. The Balaban J connectivity index is 2.38. The van der Waals surface area contributed by atoms with Crippen molar-refractivity contribution in [3.8, 4) is 11.1 Å². The van der Waals surface area contributed by atoms with Crippen LogP contribution >= 0.6 is 0 Å². The standard InChI is InChI=1S/C13H12O5S2/c1-19(14,15)12-6-2-10(3-7-12)11-4-8-13(9-5-11)20(16,17)18/h2-9H,1H3,(H,16,17,18). The Labute approximate surface area is 117 Å². The predicted octanol–water partition coefficient (Wildman–Crippen LogP) is 2.00. The first-order valence-electron chi connectivity index (χ1n) is 5.56. The van der Waals surface area contributed by atoms with Crippen LogP contribution in [0, 0.1) is 0 Å². The van der Waals surface area contributed by atoms with Crippen LogP contribution in [0.25, 0.3) is 11.1 Å². The molecule has 0 fully saturated rings. The summed E-state index contributed by atoms with van der Waals surface area (Å²) in [5.41, 5.74) is 1.47. The summed E-state index contributed by atoms with van der Waals surface area (Å²) in [7, 11) is -7.45. The topological polar surface area (TPSA) is 88.5 Å². The molecule has 0 aromatic heterocycles. The second-order valence-corrected chi connectivity index (χ2v) is 7.73. The van der Waals surface area contributed by atoms with Gasteiger partial charge < -0.3 is 0 Å². The van der Waals surface area contributed by atoms with Crippen molar-refractivity contribution < 1.29 is 21.4 Å². The van der Waals surface area contributed by atoms with Gasteiger partial charge in [0.2, 0.25) is 0 Å². The summed E-state index contributed by atoms with van der Waals surface area (Å²) in [5.74, 6) is 0. The highest BCUT2D eigenvalue weighted by Crippen LogP contribution is 2.22. The van der Waals surface area contributed by atoms with Gasteiger partial charge >= 0.3 is 0 Å². The Hall–Kier alpha value is -1.70. The molecule has 0 amide bonds. The zero-order valence-corrected chi connectivity index (χ0v) is 12.1. The molecule has 0 saturated heterocycles. The molecule has 1 N–H and O–H groups in total. The fraction of sp³-hybridized carbons (Fsp3) is 0.0769. The van der Waals surface area contributed by atoms with Crippen molar-refractivity contribution in [3.63, 3.8) is 0 Å². The zero-order valence-electron chi connectivity index (χ0n) is 10.5. The lowest BCUT2D eigenvalue weighted by molar-refractivity contribution is 0.483. The minimum absolute atomic E-state index is 0.186. The lowest BCUT2D eigenvalue weighted by Gasteiger charge is -2.04. The molecule has 0 aliphatic carbocycles. The average molecular weight is 312 g/mol. The first-order chi connectivity index (χ1) is 9.18. The van der Waals surface area contributed by atoms with Crippen molar-refractivity contribution in [3.05, 3.63) is 48.5 Å². The van der Waals surface area contributed by atoms with Crippen LogP contribution in [-0.4, -0.2) is 27.6 Å². The molecular formula is C13H12O5S2. The number of rotatable bonds is 3. The van der Waals surface area contributed by atoms with Crippen LogP contribution < -0.4 is 0 Å². The van der Waals surface area contributed by atoms with Crippen LogP contribution in [-0.2, 0) is 20.0 Å². The molecule has 5 nitrogen and oxygen atoms in total. The largest absolute Gasteiger partial charge is 0.294 e. The molecule has 0 aliphatic rings. The van der Waals surface area contributed by atoms with Crippen LogP contribution in [0.2, 0.25) is 0 Å². The molecule has 0 unspecified atom stereocenters. The van der Waals surface area contributed by atoms with Gasteiger partial charge in [0.1, 0.15) is 0 Å². The molecule has 2 aromatic carbocycles. The highest BCUT2D eigenvalue weighted by atomic mass is 32.2. The van der Waals surface area contributed by atoms with E-state index >= 15 is 0 Å². The van der Waals surface area contributed by atoms with E-state index in [9.17, 15) is 16.8 Å². The Morgan fingerprint density at radius 3 is 1.35 bits per heavy atom. The quantitative estimate of drug-likeness (QED) is 0.876. The molecule has 0 saturated carbocycles. The van der Waals surface area contributed by atoms with Crippen LogP contribution in [0.4, 0.5) is 0 Å². The third-order valence-electron chi connectivity index (χ3n) is 2.77. The van der Waals surface area contributed by atoms with Gasteiger partial charge in [0, 0.05) is 6.26 Å². The number of hydrogen-bond donors (Lipinski definition) is 1. The predicted molar refractivity (Wildman–Crippen MR) is 74.8 cm³/mol. The number of hydrogen-bond acceptors (Lipinski definition) is 4. The van der Waals surface area contributed by atoms with Crippen molar-refractivity contribution in [2.24, 2.45) is 0 Å². The fourth-order valence-electron chi connectivity index (χ4n) is 1.71. The van der Waals surface area contributed by atoms with E-state index in [4.69, 9.17) is 4.55 Å². The summed E-state index contributed by atoms with van der Waals surface area (Å²) in [4.78, 5) is 0.0322. The van der Waals surface area contributed by atoms with Crippen molar-refractivity contribution in [1.29, 1.82) is 0 Å². The third-order valence-corrected chi connectivity index (χ3v) is 4.76. The third kappa shape index (κ3) is 3.24. The molecule has 0 aliphatic heterocycles. The maximum Gasteiger partial charge on any atom is 0.294 e. The minimum atomic E-state index is -4.21. The van der Waals surface area contributed by atoms with Crippen LogP contribution in [0.3, 0.4) is 0 Å². The minimum Gasteiger partial charge on any atom is -0.282 e. The number of benzene rings is 2. The summed E-state index contributed by atoms with van der Waals surface area (Å²) >= 11 is 0. The van der Waals surface area contributed by atoms with Crippen molar-refractivity contribution in [2.45, 2.75) is 9.79 Å². The molecule has 0 heterocycles. The Morgan fingerprint density at radius 2 is 1.05 bits per heavy atom. The monoisotopic (exact) mass is 312 g/mol. The molecule has 0 radical (unpaired) electrons. The molecule has 7 heteroatoms. The van der Waals surface area contributed by atoms with E-state index in [0.717, 1.165) is 17.4 Å². The summed E-state index contributed by atoms with van der Waals surface area (Å²) in [6.45, 7) is 0. The van der Waals surface area contributed by atoms with E-state index in [0.29, 0.717) is 0 Å². The Kier molecular flexibility index (Phi) is 3.68. The van der Waals surface area contributed by atoms with Gasteiger partial charge in [0.15, 0.2) is 9.84 Å². The maximum atomic E-state index is 11.3. The van der Waals surface area contributed by atoms with E-state index in [2.05, 4.69) is 0 Å². The van der Waals surface area contributed by atoms with E-state index in [1.165, 1.54) is 24.3 Å². The molecule has 0 spiro atoms. The van der Waals surface area contributed by atoms with Gasteiger partial charge in [-0.3, -0.25) is 4.55 Å². The zero-order chi connectivity index (χ0) is 15.0. The smallest absolute Gasteiger partial charge is 0.282 e. The van der Waals surface area contributed by atoms with Gasteiger partial charge in [0.25, 0.3) is 10.1 Å². The average Bonchev–Trinajstić information content (AvgIpc) is 2.37. The van der Waals surface area contributed by atoms with Gasteiger partial charge in [-0.2, -0.15) is 8.42 Å². The highest BCUT2D eigenvalue weighted by Gasteiger charge is 2.10.